The van der Waals surface area contributed by atoms with Crippen molar-refractivity contribution in [3.63, 3.8) is 0 Å². The number of carboxylic acid groups (broad SMARTS) is 1. The predicted octanol–water partition coefficient (Wildman–Crippen LogP) is 3.93. The number of carbonyl (C=O) groups is 1. The van der Waals surface area contributed by atoms with Gasteiger partial charge >= 0.3 is 5.97 Å². The Kier molecular flexibility index (Phi) is 4.46. The third-order valence-electron chi connectivity index (χ3n) is 4.17. The predicted molar refractivity (Wildman–Crippen MR) is 74.9 cm³/mol. The van der Waals surface area contributed by atoms with Crippen LogP contribution in [0.1, 0.15) is 62.0 Å². The van der Waals surface area contributed by atoms with Crippen molar-refractivity contribution >= 4 is 5.97 Å². The minimum absolute atomic E-state index is 0.465. The molecule has 0 bridgehead atoms. The van der Waals surface area contributed by atoms with Crippen LogP contribution in [0.5, 0.6) is 5.75 Å². The van der Waals surface area contributed by atoms with Gasteiger partial charge in [-0.05, 0) is 42.9 Å². The Morgan fingerprint density at radius 3 is 2.58 bits per heavy atom. The summed E-state index contributed by atoms with van der Waals surface area (Å²) in [7, 11) is 1.68. The third kappa shape index (κ3) is 3.09. The summed E-state index contributed by atoms with van der Waals surface area (Å²) in [5.41, 5.74) is 2.06. The van der Waals surface area contributed by atoms with Gasteiger partial charge in [0.05, 0.1) is 13.0 Å². The minimum atomic E-state index is -0.778. The highest BCUT2D eigenvalue weighted by Crippen LogP contribution is 2.38. The molecule has 3 nitrogen and oxygen atoms in total. The first-order valence-electron chi connectivity index (χ1n) is 7.04. The Balaban J connectivity index is 2.32. The molecule has 1 aliphatic carbocycles. The van der Waals surface area contributed by atoms with Crippen molar-refractivity contribution in [3.8, 4) is 5.75 Å². The van der Waals surface area contributed by atoms with Gasteiger partial charge in [-0.1, -0.05) is 31.4 Å². The number of carboxylic acids is 1. The van der Waals surface area contributed by atoms with E-state index >= 15 is 0 Å². The summed E-state index contributed by atoms with van der Waals surface area (Å²) in [5.74, 6) is 0.172. The molecule has 0 amide bonds. The Morgan fingerprint density at radius 1 is 1.32 bits per heavy atom. The van der Waals surface area contributed by atoms with Crippen LogP contribution in [-0.2, 0) is 4.79 Å². The van der Waals surface area contributed by atoms with Crippen LogP contribution in [0.2, 0.25) is 0 Å². The van der Waals surface area contributed by atoms with E-state index in [1.54, 1.807) is 14.0 Å². The quantitative estimate of drug-likeness (QED) is 0.894. The van der Waals surface area contributed by atoms with Crippen molar-refractivity contribution in [1.82, 2.24) is 0 Å². The molecule has 0 heterocycles. The van der Waals surface area contributed by atoms with Crippen LogP contribution < -0.4 is 4.74 Å². The zero-order valence-corrected chi connectivity index (χ0v) is 11.7. The number of hydrogen-bond donors (Lipinski definition) is 1. The number of benzene rings is 1. The third-order valence-corrected chi connectivity index (χ3v) is 4.17. The molecule has 2 rings (SSSR count). The highest BCUT2D eigenvalue weighted by molar-refractivity contribution is 5.75. The second-order valence-electron chi connectivity index (χ2n) is 5.40. The van der Waals surface area contributed by atoms with E-state index in [-0.39, 0.29) is 0 Å². The molecule has 0 aromatic heterocycles. The first-order chi connectivity index (χ1) is 9.13. The SMILES string of the molecule is COc1ccc(C(C)C(=O)O)cc1C1CCCCC1. The maximum atomic E-state index is 11.1. The van der Waals surface area contributed by atoms with Gasteiger partial charge in [0, 0.05) is 0 Å². The van der Waals surface area contributed by atoms with E-state index in [0.29, 0.717) is 5.92 Å². The maximum Gasteiger partial charge on any atom is 0.310 e. The normalized spacial score (nSPS) is 18.0. The molecule has 0 spiro atoms. The molecule has 1 aromatic rings. The average molecular weight is 262 g/mol. The molecule has 0 saturated heterocycles. The van der Waals surface area contributed by atoms with E-state index in [1.165, 1.54) is 37.7 Å². The van der Waals surface area contributed by atoms with Gasteiger partial charge in [-0.2, -0.15) is 0 Å². The molecule has 1 atom stereocenters. The molecular weight excluding hydrogens is 240 g/mol. The van der Waals surface area contributed by atoms with Crippen LogP contribution in [0.3, 0.4) is 0 Å². The van der Waals surface area contributed by atoms with Crippen molar-refractivity contribution in [2.75, 3.05) is 7.11 Å². The van der Waals surface area contributed by atoms with Crippen LogP contribution in [0.25, 0.3) is 0 Å². The Morgan fingerprint density at radius 2 is 2.00 bits per heavy atom. The fourth-order valence-corrected chi connectivity index (χ4v) is 2.90. The number of methoxy groups -OCH3 is 1. The van der Waals surface area contributed by atoms with Crippen molar-refractivity contribution in [2.45, 2.75) is 50.9 Å². The molecular formula is C16H22O3. The van der Waals surface area contributed by atoms with Gasteiger partial charge in [-0.3, -0.25) is 4.79 Å². The van der Waals surface area contributed by atoms with Crippen molar-refractivity contribution in [1.29, 1.82) is 0 Å². The molecule has 104 valence electrons. The lowest BCUT2D eigenvalue weighted by molar-refractivity contribution is -0.138. The average Bonchev–Trinajstić information content (AvgIpc) is 2.46. The van der Waals surface area contributed by atoms with Crippen molar-refractivity contribution < 1.29 is 14.6 Å². The standard InChI is InChI=1S/C16H22O3/c1-11(16(17)18)13-8-9-15(19-2)14(10-13)12-6-4-3-5-7-12/h8-12H,3-7H2,1-2H3,(H,17,18). The van der Waals surface area contributed by atoms with Crippen LogP contribution >= 0.6 is 0 Å². The highest BCUT2D eigenvalue weighted by atomic mass is 16.5. The fraction of sp³-hybridized carbons (Fsp3) is 0.562. The Labute approximate surface area is 114 Å². The largest absolute Gasteiger partial charge is 0.496 e. The monoisotopic (exact) mass is 262 g/mol. The highest BCUT2D eigenvalue weighted by Gasteiger charge is 2.22. The first-order valence-corrected chi connectivity index (χ1v) is 7.04. The molecule has 1 aliphatic rings. The summed E-state index contributed by atoms with van der Waals surface area (Å²) < 4.78 is 5.45. The molecule has 1 aromatic carbocycles. The number of aliphatic carboxylic acids is 1. The van der Waals surface area contributed by atoms with Gasteiger partial charge in [0.25, 0.3) is 0 Å². The van der Waals surface area contributed by atoms with E-state index in [2.05, 4.69) is 0 Å². The van der Waals surface area contributed by atoms with Crippen LogP contribution in [-0.4, -0.2) is 18.2 Å². The lowest BCUT2D eigenvalue weighted by atomic mass is 9.82. The van der Waals surface area contributed by atoms with Gasteiger partial charge in [-0.25, -0.2) is 0 Å². The maximum absolute atomic E-state index is 11.1. The molecule has 1 unspecified atom stereocenters. The molecule has 1 N–H and O–H groups in total. The Hall–Kier alpha value is -1.51. The smallest absolute Gasteiger partial charge is 0.310 e. The van der Waals surface area contributed by atoms with E-state index in [1.807, 2.05) is 18.2 Å². The van der Waals surface area contributed by atoms with Crippen molar-refractivity contribution in [3.05, 3.63) is 29.3 Å². The molecule has 19 heavy (non-hydrogen) atoms. The second-order valence-corrected chi connectivity index (χ2v) is 5.40. The second kappa shape index (κ2) is 6.09. The minimum Gasteiger partial charge on any atom is -0.496 e. The summed E-state index contributed by atoms with van der Waals surface area (Å²) in [4.78, 5) is 11.1. The van der Waals surface area contributed by atoms with Gasteiger partial charge < -0.3 is 9.84 Å². The van der Waals surface area contributed by atoms with Gasteiger partial charge in [0.15, 0.2) is 0 Å². The summed E-state index contributed by atoms with van der Waals surface area (Å²) in [6, 6.07) is 5.82. The molecule has 1 saturated carbocycles. The molecule has 0 aliphatic heterocycles. The van der Waals surface area contributed by atoms with E-state index in [4.69, 9.17) is 9.84 Å². The van der Waals surface area contributed by atoms with Crippen LogP contribution in [0, 0.1) is 0 Å². The zero-order valence-electron chi connectivity index (χ0n) is 11.7. The summed E-state index contributed by atoms with van der Waals surface area (Å²) in [6.07, 6.45) is 6.19. The number of rotatable bonds is 4. The van der Waals surface area contributed by atoms with Gasteiger partial charge in [-0.15, -0.1) is 0 Å². The van der Waals surface area contributed by atoms with Crippen LogP contribution in [0.4, 0.5) is 0 Å². The number of ether oxygens (including phenoxy) is 1. The lowest BCUT2D eigenvalue weighted by Crippen LogP contribution is -2.10. The summed E-state index contributed by atoms with van der Waals surface area (Å²) in [6.45, 7) is 1.73. The van der Waals surface area contributed by atoms with Gasteiger partial charge in [0.1, 0.15) is 5.75 Å². The van der Waals surface area contributed by atoms with Gasteiger partial charge in [0.2, 0.25) is 0 Å². The zero-order chi connectivity index (χ0) is 13.8. The topological polar surface area (TPSA) is 46.5 Å². The summed E-state index contributed by atoms with van der Waals surface area (Å²) in [5, 5.41) is 9.13. The molecule has 0 radical (unpaired) electrons. The molecule has 3 heteroatoms. The fourth-order valence-electron chi connectivity index (χ4n) is 2.90. The lowest BCUT2D eigenvalue weighted by Gasteiger charge is -2.24. The van der Waals surface area contributed by atoms with Crippen molar-refractivity contribution in [2.24, 2.45) is 0 Å². The number of hydrogen-bond acceptors (Lipinski definition) is 2. The van der Waals surface area contributed by atoms with E-state index < -0.39 is 11.9 Å². The molecule has 1 fully saturated rings. The van der Waals surface area contributed by atoms with E-state index in [9.17, 15) is 4.79 Å². The van der Waals surface area contributed by atoms with Crippen LogP contribution in [0.15, 0.2) is 18.2 Å². The van der Waals surface area contributed by atoms with E-state index in [0.717, 1.165) is 11.3 Å². The first kappa shape index (κ1) is 13.9. The summed E-state index contributed by atoms with van der Waals surface area (Å²) >= 11 is 0. The Bertz CT molecular complexity index is 447.